The molecule has 4 aromatic rings. The van der Waals surface area contributed by atoms with Crippen LogP contribution >= 0.6 is 11.6 Å². The van der Waals surface area contributed by atoms with Gasteiger partial charge < -0.3 is 10.1 Å². The molecule has 1 N–H and O–H groups in total. The van der Waals surface area contributed by atoms with Gasteiger partial charge >= 0.3 is 0 Å². The number of amides is 1. The smallest absolute Gasteiger partial charge is 0.256 e. The van der Waals surface area contributed by atoms with Crippen LogP contribution in [0.2, 0.25) is 5.02 Å². The van der Waals surface area contributed by atoms with Gasteiger partial charge in [0, 0.05) is 10.7 Å². The molecule has 1 amide bonds. The van der Waals surface area contributed by atoms with Crippen molar-refractivity contribution in [1.82, 2.24) is 14.8 Å². The van der Waals surface area contributed by atoms with Gasteiger partial charge in [0.25, 0.3) is 5.91 Å². The number of rotatable bonds is 4. The summed E-state index contributed by atoms with van der Waals surface area (Å²) < 4.78 is 7.16. The van der Waals surface area contributed by atoms with E-state index in [1.54, 1.807) is 17.9 Å². The molecule has 0 radical (unpaired) electrons. The second-order valence-electron chi connectivity index (χ2n) is 7.55. The summed E-state index contributed by atoms with van der Waals surface area (Å²) in [5, 5.41) is 9.03. The highest BCUT2D eigenvalue weighted by Gasteiger charge is 2.21. The quantitative estimate of drug-likeness (QED) is 0.456. The van der Waals surface area contributed by atoms with Crippen LogP contribution in [0.5, 0.6) is 5.75 Å². The van der Waals surface area contributed by atoms with Crippen LogP contribution in [0.4, 0.5) is 5.69 Å². The van der Waals surface area contributed by atoms with Gasteiger partial charge in [0.2, 0.25) is 0 Å². The zero-order chi connectivity index (χ0) is 22.3. The average Bonchev–Trinajstić information content (AvgIpc) is 3.05. The van der Waals surface area contributed by atoms with Gasteiger partial charge in [-0.15, -0.1) is 0 Å². The van der Waals surface area contributed by atoms with E-state index in [1.165, 1.54) is 0 Å². The fourth-order valence-corrected chi connectivity index (χ4v) is 3.87. The largest absolute Gasteiger partial charge is 0.495 e. The number of carbonyl (C=O) groups is 1. The summed E-state index contributed by atoms with van der Waals surface area (Å²) in [6.45, 7) is 7.64. The second kappa shape index (κ2) is 8.04. The molecular formula is C24H23ClN4O2. The van der Waals surface area contributed by atoms with Crippen molar-refractivity contribution in [2.24, 2.45) is 0 Å². The molecule has 0 aliphatic heterocycles. The summed E-state index contributed by atoms with van der Waals surface area (Å²) >= 11 is 6.33. The van der Waals surface area contributed by atoms with E-state index in [0.717, 1.165) is 22.5 Å². The van der Waals surface area contributed by atoms with Crippen molar-refractivity contribution in [1.29, 1.82) is 0 Å². The minimum Gasteiger partial charge on any atom is -0.495 e. The molecule has 0 aliphatic carbocycles. The number of methoxy groups -OCH3 is 1. The van der Waals surface area contributed by atoms with Gasteiger partial charge in [0.15, 0.2) is 5.65 Å². The number of fused-ring (bicyclic) bond motifs is 1. The van der Waals surface area contributed by atoms with E-state index < -0.39 is 0 Å². The van der Waals surface area contributed by atoms with E-state index in [9.17, 15) is 4.79 Å². The normalized spacial score (nSPS) is 11.0. The maximum atomic E-state index is 13.3. The lowest BCUT2D eigenvalue weighted by Gasteiger charge is -2.12. The molecule has 0 unspecified atom stereocenters. The van der Waals surface area contributed by atoms with E-state index in [2.05, 4.69) is 5.32 Å². The van der Waals surface area contributed by atoms with Gasteiger partial charge in [0.1, 0.15) is 5.75 Å². The minimum absolute atomic E-state index is 0.245. The van der Waals surface area contributed by atoms with Crippen molar-refractivity contribution in [3.63, 3.8) is 0 Å². The third-order valence-electron chi connectivity index (χ3n) is 5.26. The first kappa shape index (κ1) is 20.9. The molecule has 0 aliphatic rings. The number of pyridine rings is 1. The molecule has 0 atom stereocenters. The van der Waals surface area contributed by atoms with Crippen molar-refractivity contribution in [2.75, 3.05) is 12.4 Å². The molecular weight excluding hydrogens is 412 g/mol. The van der Waals surface area contributed by atoms with Crippen LogP contribution in [0.1, 0.15) is 32.9 Å². The fraction of sp³-hybridized carbons (Fsp3) is 0.208. The van der Waals surface area contributed by atoms with Crippen LogP contribution in [0.15, 0.2) is 42.5 Å². The van der Waals surface area contributed by atoms with Crippen LogP contribution in [-0.4, -0.2) is 27.8 Å². The monoisotopic (exact) mass is 434 g/mol. The molecule has 158 valence electrons. The van der Waals surface area contributed by atoms with E-state index >= 15 is 0 Å². The number of hydrogen-bond donors (Lipinski definition) is 1. The molecule has 0 saturated carbocycles. The standard InChI is InChI=1S/C24H23ClN4O2/c1-13-9-10-21(31-5)19(11-13)27-24(30)17-12-14(2)26-23-22(17)16(4)28-29(23)20-8-6-7-18(25)15(20)3/h6-12H,1-5H3,(H,27,30). The highest BCUT2D eigenvalue weighted by atomic mass is 35.5. The Kier molecular flexibility index (Phi) is 5.41. The van der Waals surface area contributed by atoms with Crippen LogP contribution in [0.25, 0.3) is 16.7 Å². The number of nitrogens with one attached hydrogen (secondary N) is 1. The number of hydrogen-bond acceptors (Lipinski definition) is 4. The third-order valence-corrected chi connectivity index (χ3v) is 5.67. The Hall–Kier alpha value is -3.38. The molecule has 2 aromatic heterocycles. The number of anilines is 1. The van der Waals surface area contributed by atoms with Gasteiger partial charge in [-0.3, -0.25) is 4.79 Å². The second-order valence-corrected chi connectivity index (χ2v) is 7.96. The molecule has 2 aromatic carbocycles. The summed E-state index contributed by atoms with van der Waals surface area (Å²) in [5.74, 6) is 0.354. The Morgan fingerprint density at radius 2 is 1.87 bits per heavy atom. The van der Waals surface area contributed by atoms with Gasteiger partial charge in [-0.1, -0.05) is 23.7 Å². The number of benzene rings is 2. The maximum absolute atomic E-state index is 13.3. The zero-order valence-corrected chi connectivity index (χ0v) is 18.8. The first-order chi connectivity index (χ1) is 14.8. The minimum atomic E-state index is -0.245. The predicted octanol–water partition coefficient (Wildman–Crippen LogP) is 5.57. The molecule has 4 rings (SSSR count). The van der Waals surface area contributed by atoms with Gasteiger partial charge in [0.05, 0.1) is 35.1 Å². The number of carbonyl (C=O) groups excluding carboxylic acids is 1. The molecule has 0 spiro atoms. The van der Waals surface area contributed by atoms with Crippen molar-refractivity contribution < 1.29 is 9.53 Å². The third kappa shape index (κ3) is 3.75. The van der Waals surface area contributed by atoms with Crippen molar-refractivity contribution in [3.05, 3.63) is 75.6 Å². The molecule has 7 heteroatoms. The van der Waals surface area contributed by atoms with Crippen molar-refractivity contribution >= 4 is 34.2 Å². The number of halogens is 1. The van der Waals surface area contributed by atoms with Gasteiger partial charge in [-0.05, 0) is 69.2 Å². The Balaban J connectivity index is 1.87. The van der Waals surface area contributed by atoms with E-state index in [1.807, 2.05) is 64.1 Å². The van der Waals surface area contributed by atoms with Gasteiger partial charge in [-0.25, -0.2) is 9.67 Å². The first-order valence-corrected chi connectivity index (χ1v) is 10.3. The number of aryl methyl sites for hydroxylation is 3. The molecule has 2 heterocycles. The Bertz CT molecular complexity index is 1330. The molecule has 0 saturated heterocycles. The molecule has 6 nitrogen and oxygen atoms in total. The van der Waals surface area contributed by atoms with Crippen LogP contribution in [0.3, 0.4) is 0 Å². The highest BCUT2D eigenvalue weighted by molar-refractivity contribution is 6.31. The summed E-state index contributed by atoms with van der Waals surface area (Å²) in [6, 6.07) is 13.1. The lowest BCUT2D eigenvalue weighted by atomic mass is 10.1. The average molecular weight is 435 g/mol. The van der Waals surface area contributed by atoms with E-state index in [4.69, 9.17) is 26.4 Å². The number of nitrogens with zero attached hydrogens (tertiary/aromatic N) is 3. The Morgan fingerprint density at radius 3 is 2.61 bits per heavy atom. The fourth-order valence-electron chi connectivity index (χ4n) is 3.70. The lowest BCUT2D eigenvalue weighted by molar-refractivity contribution is 0.102. The first-order valence-electron chi connectivity index (χ1n) is 9.88. The molecule has 0 fully saturated rings. The highest BCUT2D eigenvalue weighted by Crippen LogP contribution is 2.30. The van der Waals surface area contributed by atoms with Crippen molar-refractivity contribution in [3.8, 4) is 11.4 Å². The maximum Gasteiger partial charge on any atom is 0.256 e. The van der Waals surface area contributed by atoms with Crippen LogP contribution in [-0.2, 0) is 0 Å². The summed E-state index contributed by atoms with van der Waals surface area (Å²) in [5.41, 5.74) is 5.91. The van der Waals surface area contributed by atoms with E-state index in [0.29, 0.717) is 38.8 Å². The SMILES string of the molecule is COc1ccc(C)cc1NC(=O)c1cc(C)nc2c1c(C)nn2-c1cccc(Cl)c1C. The zero-order valence-electron chi connectivity index (χ0n) is 18.1. The number of ether oxygens (including phenoxy) is 1. The molecule has 0 bridgehead atoms. The summed E-state index contributed by atoms with van der Waals surface area (Å²) in [7, 11) is 1.58. The van der Waals surface area contributed by atoms with Crippen LogP contribution in [0, 0.1) is 27.7 Å². The predicted molar refractivity (Wildman–Crippen MR) is 124 cm³/mol. The number of aromatic nitrogens is 3. The van der Waals surface area contributed by atoms with E-state index in [-0.39, 0.29) is 5.91 Å². The van der Waals surface area contributed by atoms with Crippen molar-refractivity contribution in [2.45, 2.75) is 27.7 Å². The van der Waals surface area contributed by atoms with Crippen LogP contribution < -0.4 is 10.1 Å². The summed E-state index contributed by atoms with van der Waals surface area (Å²) in [4.78, 5) is 18.0. The van der Waals surface area contributed by atoms with Gasteiger partial charge in [-0.2, -0.15) is 5.10 Å². The lowest BCUT2D eigenvalue weighted by Crippen LogP contribution is -2.14. The topological polar surface area (TPSA) is 69.0 Å². The molecule has 31 heavy (non-hydrogen) atoms. The Labute approximate surface area is 185 Å². The summed E-state index contributed by atoms with van der Waals surface area (Å²) in [6.07, 6.45) is 0. The Morgan fingerprint density at radius 1 is 1.10 bits per heavy atom.